The number of methoxy groups -OCH3 is 1. The van der Waals surface area contributed by atoms with Gasteiger partial charge in [0, 0.05) is 38.4 Å². The standard InChI is InChI=1S/C18H28ClN3O3/c1-20-18(21-8-3-10-25-16-7-11-24-13-16)22-9-6-14-4-5-15(23-2)12-17(14)19/h4-5,12,16H,3,6-11,13H2,1-2H3,(H2,20,21,22). The molecule has 1 unspecified atom stereocenters. The summed E-state index contributed by atoms with van der Waals surface area (Å²) in [5.41, 5.74) is 1.08. The van der Waals surface area contributed by atoms with Gasteiger partial charge in [0.2, 0.25) is 0 Å². The molecule has 0 aromatic heterocycles. The molecule has 1 aromatic carbocycles. The summed E-state index contributed by atoms with van der Waals surface area (Å²) in [5.74, 6) is 1.56. The monoisotopic (exact) mass is 369 g/mol. The Morgan fingerprint density at radius 3 is 2.88 bits per heavy atom. The fourth-order valence-corrected chi connectivity index (χ4v) is 2.83. The summed E-state index contributed by atoms with van der Waals surface area (Å²) in [4.78, 5) is 4.22. The number of ether oxygens (including phenoxy) is 3. The highest BCUT2D eigenvalue weighted by Crippen LogP contribution is 2.22. The van der Waals surface area contributed by atoms with Gasteiger partial charge in [0.05, 0.1) is 19.8 Å². The molecule has 1 aromatic rings. The summed E-state index contributed by atoms with van der Waals surface area (Å²) in [5, 5.41) is 7.30. The number of nitrogens with one attached hydrogen (secondary N) is 2. The Labute approximate surface area is 154 Å². The summed E-state index contributed by atoms with van der Waals surface area (Å²) in [6.45, 7) is 3.85. The van der Waals surface area contributed by atoms with Crippen molar-refractivity contribution in [1.29, 1.82) is 0 Å². The maximum absolute atomic E-state index is 6.25. The average Bonchev–Trinajstić information content (AvgIpc) is 3.14. The van der Waals surface area contributed by atoms with Gasteiger partial charge < -0.3 is 24.8 Å². The number of rotatable bonds is 9. The van der Waals surface area contributed by atoms with Gasteiger partial charge in [-0.1, -0.05) is 17.7 Å². The Bertz CT molecular complexity index is 548. The van der Waals surface area contributed by atoms with E-state index in [9.17, 15) is 0 Å². The molecule has 1 heterocycles. The predicted molar refractivity (Wildman–Crippen MR) is 101 cm³/mol. The largest absolute Gasteiger partial charge is 0.497 e. The van der Waals surface area contributed by atoms with Crippen molar-refractivity contribution >= 4 is 17.6 Å². The minimum atomic E-state index is 0.270. The normalized spacial score (nSPS) is 17.6. The number of hydrogen-bond donors (Lipinski definition) is 2. The van der Waals surface area contributed by atoms with E-state index in [4.69, 9.17) is 25.8 Å². The van der Waals surface area contributed by atoms with Crippen molar-refractivity contribution in [3.8, 4) is 5.75 Å². The smallest absolute Gasteiger partial charge is 0.190 e. The molecule has 0 bridgehead atoms. The third-order valence-corrected chi connectivity index (χ3v) is 4.38. The number of aliphatic imine (C=N–C) groups is 1. The Balaban J connectivity index is 1.59. The third kappa shape index (κ3) is 7.10. The first kappa shape index (κ1) is 19.8. The summed E-state index contributed by atoms with van der Waals surface area (Å²) >= 11 is 6.25. The average molecular weight is 370 g/mol. The molecule has 0 spiro atoms. The Morgan fingerprint density at radius 2 is 2.20 bits per heavy atom. The lowest BCUT2D eigenvalue weighted by molar-refractivity contribution is 0.0420. The lowest BCUT2D eigenvalue weighted by Crippen LogP contribution is -2.39. The van der Waals surface area contributed by atoms with Crippen molar-refractivity contribution in [2.75, 3.05) is 47.1 Å². The molecule has 1 aliphatic rings. The van der Waals surface area contributed by atoms with Gasteiger partial charge in [0.15, 0.2) is 5.96 Å². The molecular weight excluding hydrogens is 342 g/mol. The van der Waals surface area contributed by atoms with Gasteiger partial charge >= 0.3 is 0 Å². The summed E-state index contributed by atoms with van der Waals surface area (Å²) in [6.07, 6.45) is 3.02. The van der Waals surface area contributed by atoms with Gasteiger partial charge in [-0.2, -0.15) is 0 Å². The second-order valence-electron chi connectivity index (χ2n) is 5.84. The third-order valence-electron chi connectivity index (χ3n) is 4.03. The zero-order chi connectivity index (χ0) is 17.9. The minimum Gasteiger partial charge on any atom is -0.497 e. The zero-order valence-electron chi connectivity index (χ0n) is 15.0. The first-order chi connectivity index (χ1) is 12.2. The molecule has 1 saturated heterocycles. The van der Waals surface area contributed by atoms with Crippen LogP contribution in [0.3, 0.4) is 0 Å². The van der Waals surface area contributed by atoms with Gasteiger partial charge in [0.1, 0.15) is 5.75 Å². The van der Waals surface area contributed by atoms with Gasteiger partial charge in [-0.15, -0.1) is 0 Å². The highest BCUT2D eigenvalue weighted by molar-refractivity contribution is 6.31. The molecule has 1 atom stereocenters. The van der Waals surface area contributed by atoms with Crippen molar-refractivity contribution in [3.05, 3.63) is 28.8 Å². The molecule has 6 nitrogen and oxygen atoms in total. The van der Waals surface area contributed by atoms with E-state index in [1.54, 1.807) is 14.2 Å². The Morgan fingerprint density at radius 1 is 1.36 bits per heavy atom. The van der Waals surface area contributed by atoms with Crippen LogP contribution in [0.4, 0.5) is 0 Å². The van der Waals surface area contributed by atoms with Gasteiger partial charge in [0.25, 0.3) is 0 Å². The van der Waals surface area contributed by atoms with E-state index >= 15 is 0 Å². The molecule has 140 valence electrons. The Kier molecular flexibility index (Phi) is 8.86. The number of guanidine groups is 1. The van der Waals surface area contributed by atoms with Crippen LogP contribution in [0.15, 0.2) is 23.2 Å². The van der Waals surface area contributed by atoms with Crippen LogP contribution in [0.25, 0.3) is 0 Å². The molecule has 1 fully saturated rings. The maximum atomic E-state index is 6.25. The van der Waals surface area contributed by atoms with Crippen molar-refractivity contribution < 1.29 is 14.2 Å². The van der Waals surface area contributed by atoms with Gasteiger partial charge in [-0.3, -0.25) is 4.99 Å². The van der Waals surface area contributed by atoms with Gasteiger partial charge in [-0.25, -0.2) is 0 Å². The van der Waals surface area contributed by atoms with E-state index in [0.717, 1.165) is 74.5 Å². The number of benzene rings is 1. The molecule has 2 N–H and O–H groups in total. The number of hydrogen-bond acceptors (Lipinski definition) is 4. The lowest BCUT2D eigenvalue weighted by Gasteiger charge is -2.13. The summed E-state index contributed by atoms with van der Waals surface area (Å²) in [7, 11) is 3.40. The molecule has 0 saturated carbocycles. The van der Waals surface area contributed by atoms with E-state index in [2.05, 4.69) is 15.6 Å². The topological polar surface area (TPSA) is 64.1 Å². The zero-order valence-corrected chi connectivity index (χ0v) is 15.8. The van der Waals surface area contributed by atoms with Crippen molar-refractivity contribution in [1.82, 2.24) is 10.6 Å². The van der Waals surface area contributed by atoms with E-state index < -0.39 is 0 Å². The summed E-state index contributed by atoms with van der Waals surface area (Å²) in [6, 6.07) is 5.74. The highest BCUT2D eigenvalue weighted by atomic mass is 35.5. The second kappa shape index (κ2) is 11.2. The van der Waals surface area contributed by atoms with Crippen LogP contribution < -0.4 is 15.4 Å². The van der Waals surface area contributed by atoms with Crippen LogP contribution >= 0.6 is 11.6 Å². The predicted octanol–water partition coefficient (Wildman–Crippen LogP) is 2.25. The molecule has 2 rings (SSSR count). The first-order valence-electron chi connectivity index (χ1n) is 8.69. The molecule has 1 aliphatic heterocycles. The van der Waals surface area contributed by atoms with Crippen LogP contribution in [-0.4, -0.2) is 59.1 Å². The SMILES string of the molecule is CN=C(NCCCOC1CCOC1)NCCc1ccc(OC)cc1Cl. The first-order valence-corrected chi connectivity index (χ1v) is 9.07. The van der Waals surface area contributed by atoms with Crippen LogP contribution in [0, 0.1) is 0 Å². The number of nitrogens with zero attached hydrogens (tertiary/aromatic N) is 1. The van der Waals surface area contributed by atoms with Crippen LogP contribution in [-0.2, 0) is 15.9 Å². The molecule has 25 heavy (non-hydrogen) atoms. The van der Waals surface area contributed by atoms with Crippen molar-refractivity contribution in [2.24, 2.45) is 4.99 Å². The fourth-order valence-electron chi connectivity index (χ4n) is 2.57. The summed E-state index contributed by atoms with van der Waals surface area (Å²) < 4.78 is 16.2. The van der Waals surface area contributed by atoms with E-state index in [1.165, 1.54) is 0 Å². The molecule has 0 aliphatic carbocycles. The van der Waals surface area contributed by atoms with E-state index in [-0.39, 0.29) is 6.10 Å². The number of halogens is 1. The molecule has 0 amide bonds. The van der Waals surface area contributed by atoms with Crippen LogP contribution in [0.1, 0.15) is 18.4 Å². The Hall–Kier alpha value is -1.50. The minimum absolute atomic E-state index is 0.270. The van der Waals surface area contributed by atoms with Gasteiger partial charge in [-0.05, 0) is 37.0 Å². The van der Waals surface area contributed by atoms with Crippen molar-refractivity contribution in [3.63, 3.8) is 0 Å². The lowest BCUT2D eigenvalue weighted by atomic mass is 10.1. The van der Waals surface area contributed by atoms with Crippen LogP contribution in [0.5, 0.6) is 5.75 Å². The van der Waals surface area contributed by atoms with E-state index in [1.807, 2.05) is 18.2 Å². The van der Waals surface area contributed by atoms with E-state index in [0.29, 0.717) is 0 Å². The molecule has 0 radical (unpaired) electrons. The quantitative estimate of drug-likeness (QED) is 0.397. The van der Waals surface area contributed by atoms with Crippen LogP contribution in [0.2, 0.25) is 5.02 Å². The molecule has 7 heteroatoms. The van der Waals surface area contributed by atoms with Crippen molar-refractivity contribution in [2.45, 2.75) is 25.4 Å². The fraction of sp³-hybridized carbons (Fsp3) is 0.611. The second-order valence-corrected chi connectivity index (χ2v) is 6.25. The maximum Gasteiger partial charge on any atom is 0.190 e. The highest BCUT2D eigenvalue weighted by Gasteiger charge is 2.15. The molecular formula is C18H28ClN3O3.